The summed E-state index contributed by atoms with van der Waals surface area (Å²) >= 11 is 5.82. The quantitative estimate of drug-likeness (QED) is 0.909. The molecular weight excluding hydrogens is 300 g/mol. The number of piperidine rings is 1. The molecule has 1 saturated heterocycles. The molecule has 0 atom stereocenters. The van der Waals surface area contributed by atoms with Crippen LogP contribution in [0.15, 0.2) is 24.3 Å². The monoisotopic (exact) mass is 322 g/mol. The van der Waals surface area contributed by atoms with Gasteiger partial charge in [-0.15, -0.1) is 0 Å². The number of likely N-dealkylation sites (tertiary alicyclic amines) is 1. The molecule has 0 aromatic heterocycles. The summed E-state index contributed by atoms with van der Waals surface area (Å²) < 4.78 is 0. The van der Waals surface area contributed by atoms with Crippen LogP contribution in [0.3, 0.4) is 0 Å². The fourth-order valence-electron chi connectivity index (χ4n) is 2.57. The molecule has 120 valence electrons. The minimum atomic E-state index is -0.348. The van der Waals surface area contributed by atoms with E-state index in [-0.39, 0.29) is 23.3 Å². The van der Waals surface area contributed by atoms with Crippen LogP contribution in [0, 0.1) is 5.41 Å². The maximum Gasteiger partial charge on any atom is 0.251 e. The Bertz CT molecular complexity index is 541. The third-order valence-corrected chi connectivity index (χ3v) is 4.12. The van der Waals surface area contributed by atoms with Crippen LogP contribution in [0.25, 0.3) is 0 Å². The van der Waals surface area contributed by atoms with Gasteiger partial charge in [0.05, 0.1) is 0 Å². The number of carbonyl (C=O) groups is 2. The van der Waals surface area contributed by atoms with Gasteiger partial charge in [-0.3, -0.25) is 9.59 Å². The molecule has 1 fully saturated rings. The molecule has 1 aromatic rings. The highest BCUT2D eigenvalue weighted by Gasteiger charge is 2.30. The van der Waals surface area contributed by atoms with Gasteiger partial charge in [-0.2, -0.15) is 0 Å². The molecule has 0 spiro atoms. The molecule has 0 saturated carbocycles. The van der Waals surface area contributed by atoms with Crippen LogP contribution in [0.4, 0.5) is 0 Å². The average molecular weight is 323 g/mol. The lowest BCUT2D eigenvalue weighted by atomic mass is 9.93. The number of nitrogens with zero attached hydrogens (tertiary/aromatic N) is 1. The summed E-state index contributed by atoms with van der Waals surface area (Å²) in [7, 11) is 0. The molecule has 22 heavy (non-hydrogen) atoms. The molecule has 0 aliphatic carbocycles. The van der Waals surface area contributed by atoms with E-state index in [0.29, 0.717) is 23.7 Å². The maximum absolute atomic E-state index is 12.2. The topological polar surface area (TPSA) is 49.4 Å². The minimum absolute atomic E-state index is 0.0859. The van der Waals surface area contributed by atoms with E-state index >= 15 is 0 Å². The zero-order chi connectivity index (χ0) is 16.3. The van der Waals surface area contributed by atoms with E-state index in [9.17, 15) is 9.59 Å². The van der Waals surface area contributed by atoms with Crippen molar-refractivity contribution < 1.29 is 9.59 Å². The van der Waals surface area contributed by atoms with Gasteiger partial charge in [-0.1, -0.05) is 32.4 Å². The Morgan fingerprint density at radius 2 is 1.68 bits per heavy atom. The summed E-state index contributed by atoms with van der Waals surface area (Å²) in [6.45, 7) is 7.19. The molecule has 1 aliphatic heterocycles. The van der Waals surface area contributed by atoms with Crippen molar-refractivity contribution in [3.8, 4) is 0 Å². The molecule has 5 heteroatoms. The van der Waals surface area contributed by atoms with Gasteiger partial charge in [-0.25, -0.2) is 0 Å². The highest BCUT2D eigenvalue weighted by Crippen LogP contribution is 2.21. The Balaban J connectivity index is 1.86. The third-order valence-electron chi connectivity index (χ3n) is 3.87. The van der Waals surface area contributed by atoms with Crippen LogP contribution in [0.5, 0.6) is 0 Å². The molecule has 1 N–H and O–H groups in total. The Morgan fingerprint density at radius 3 is 2.18 bits per heavy atom. The molecule has 0 radical (unpaired) electrons. The van der Waals surface area contributed by atoms with Gasteiger partial charge in [0.15, 0.2) is 0 Å². The average Bonchev–Trinajstić information content (AvgIpc) is 2.47. The number of hydrogen-bond donors (Lipinski definition) is 1. The van der Waals surface area contributed by atoms with Gasteiger partial charge in [0.25, 0.3) is 5.91 Å². The second-order valence-corrected chi connectivity index (χ2v) is 7.23. The Hall–Kier alpha value is -1.55. The summed E-state index contributed by atoms with van der Waals surface area (Å²) in [5.41, 5.74) is 0.261. The lowest BCUT2D eigenvalue weighted by molar-refractivity contribution is -0.140. The van der Waals surface area contributed by atoms with E-state index in [2.05, 4.69) is 5.32 Å². The number of rotatable bonds is 2. The first-order chi connectivity index (χ1) is 10.3. The summed E-state index contributed by atoms with van der Waals surface area (Å²) in [6, 6.07) is 6.97. The predicted molar refractivity (Wildman–Crippen MR) is 88.0 cm³/mol. The summed E-state index contributed by atoms with van der Waals surface area (Å²) in [5, 5.41) is 3.65. The van der Waals surface area contributed by atoms with E-state index in [4.69, 9.17) is 11.6 Å². The van der Waals surface area contributed by atoms with Gasteiger partial charge < -0.3 is 10.2 Å². The molecule has 0 bridgehead atoms. The Labute approximate surface area is 136 Å². The van der Waals surface area contributed by atoms with E-state index in [0.717, 1.165) is 12.8 Å². The second-order valence-electron chi connectivity index (χ2n) is 6.80. The Morgan fingerprint density at radius 1 is 1.14 bits per heavy atom. The molecule has 2 amide bonds. The smallest absolute Gasteiger partial charge is 0.251 e. The number of amides is 2. The van der Waals surface area contributed by atoms with Crippen molar-refractivity contribution >= 4 is 23.4 Å². The number of benzene rings is 1. The molecule has 2 rings (SSSR count). The van der Waals surface area contributed by atoms with Crippen LogP contribution < -0.4 is 5.32 Å². The first-order valence-corrected chi connectivity index (χ1v) is 8.01. The summed E-state index contributed by atoms with van der Waals surface area (Å²) in [6.07, 6.45) is 1.59. The second kappa shape index (κ2) is 6.69. The molecular formula is C17H23ClN2O2. The fourth-order valence-corrected chi connectivity index (χ4v) is 2.70. The first-order valence-electron chi connectivity index (χ1n) is 7.63. The summed E-state index contributed by atoms with van der Waals surface area (Å²) in [4.78, 5) is 26.3. The van der Waals surface area contributed by atoms with Crippen LogP contribution in [0.1, 0.15) is 44.0 Å². The van der Waals surface area contributed by atoms with Gasteiger partial charge >= 0.3 is 0 Å². The fraction of sp³-hybridized carbons (Fsp3) is 0.529. The van der Waals surface area contributed by atoms with E-state index < -0.39 is 0 Å². The number of carbonyl (C=O) groups excluding carboxylic acids is 2. The number of halogens is 1. The van der Waals surface area contributed by atoms with Gasteiger partial charge in [-0.05, 0) is 37.1 Å². The van der Waals surface area contributed by atoms with E-state index in [1.165, 1.54) is 0 Å². The lowest BCUT2D eigenvalue weighted by Gasteiger charge is -2.36. The van der Waals surface area contributed by atoms with Crippen molar-refractivity contribution in [2.45, 2.75) is 39.7 Å². The SMILES string of the molecule is CC(C)(C)C(=O)N1CCC(NC(=O)c2ccc(Cl)cc2)CC1. The van der Waals surface area contributed by atoms with Crippen molar-refractivity contribution in [1.29, 1.82) is 0 Å². The zero-order valence-corrected chi connectivity index (χ0v) is 14.1. The van der Waals surface area contributed by atoms with Gasteiger partial charge in [0.1, 0.15) is 0 Å². The van der Waals surface area contributed by atoms with Crippen molar-refractivity contribution in [3.63, 3.8) is 0 Å². The molecule has 4 nitrogen and oxygen atoms in total. The van der Waals surface area contributed by atoms with E-state index in [1.807, 2.05) is 25.7 Å². The van der Waals surface area contributed by atoms with Crippen LogP contribution >= 0.6 is 11.6 Å². The largest absolute Gasteiger partial charge is 0.349 e. The van der Waals surface area contributed by atoms with Gasteiger partial charge in [0.2, 0.25) is 5.91 Å². The van der Waals surface area contributed by atoms with Crippen molar-refractivity contribution in [3.05, 3.63) is 34.9 Å². The molecule has 1 heterocycles. The summed E-state index contributed by atoms with van der Waals surface area (Å²) in [5.74, 6) is 0.0900. The molecule has 1 aliphatic rings. The van der Waals surface area contributed by atoms with Crippen molar-refractivity contribution in [2.75, 3.05) is 13.1 Å². The normalized spacial score (nSPS) is 16.5. The van der Waals surface area contributed by atoms with Crippen LogP contribution in [0.2, 0.25) is 5.02 Å². The predicted octanol–water partition coefficient (Wildman–Crippen LogP) is 3.11. The van der Waals surface area contributed by atoms with Crippen molar-refractivity contribution in [1.82, 2.24) is 10.2 Å². The lowest BCUT2D eigenvalue weighted by Crippen LogP contribution is -2.49. The maximum atomic E-state index is 12.2. The standard InChI is InChI=1S/C17H23ClN2O2/c1-17(2,3)16(22)20-10-8-14(9-11-20)19-15(21)12-4-6-13(18)7-5-12/h4-7,14H,8-11H2,1-3H3,(H,19,21). The van der Waals surface area contributed by atoms with E-state index in [1.54, 1.807) is 24.3 Å². The third kappa shape index (κ3) is 4.23. The highest BCUT2D eigenvalue weighted by atomic mass is 35.5. The molecule has 0 unspecified atom stereocenters. The Kier molecular flexibility index (Phi) is 5.12. The number of hydrogen-bond acceptors (Lipinski definition) is 2. The zero-order valence-electron chi connectivity index (χ0n) is 13.4. The highest BCUT2D eigenvalue weighted by molar-refractivity contribution is 6.30. The first kappa shape index (κ1) is 16.8. The van der Waals surface area contributed by atoms with Crippen LogP contribution in [-0.2, 0) is 4.79 Å². The molecule has 1 aromatic carbocycles. The number of nitrogens with one attached hydrogen (secondary N) is 1. The van der Waals surface area contributed by atoms with Crippen molar-refractivity contribution in [2.24, 2.45) is 5.41 Å². The van der Waals surface area contributed by atoms with Gasteiger partial charge in [0, 0.05) is 35.1 Å². The minimum Gasteiger partial charge on any atom is -0.349 e. The van der Waals surface area contributed by atoms with Crippen LogP contribution in [-0.4, -0.2) is 35.8 Å².